The first kappa shape index (κ1) is 16.1. The van der Waals surface area contributed by atoms with Crippen molar-refractivity contribution in [1.29, 1.82) is 5.26 Å². The quantitative estimate of drug-likeness (QED) is 0.860. The molecule has 21 heavy (non-hydrogen) atoms. The van der Waals surface area contributed by atoms with E-state index in [-0.39, 0.29) is 11.2 Å². The Morgan fingerprint density at radius 3 is 2.86 bits per heavy atom. The van der Waals surface area contributed by atoms with Gasteiger partial charge in [0.2, 0.25) is 5.91 Å². The van der Waals surface area contributed by atoms with Gasteiger partial charge in [-0.15, -0.1) is 0 Å². The summed E-state index contributed by atoms with van der Waals surface area (Å²) in [6, 6.07) is 5.80. The summed E-state index contributed by atoms with van der Waals surface area (Å²) in [5.74, 6) is -0.134. The highest BCUT2D eigenvalue weighted by Crippen LogP contribution is 2.30. The smallest absolute Gasteiger partial charge is 0.234 e. The van der Waals surface area contributed by atoms with Crippen LogP contribution in [0.3, 0.4) is 0 Å². The second-order valence-electron chi connectivity index (χ2n) is 5.29. The number of rotatable bonds is 4. The van der Waals surface area contributed by atoms with Crippen LogP contribution in [0.1, 0.15) is 39.0 Å². The molecule has 112 valence electrons. The Morgan fingerprint density at radius 1 is 1.52 bits per heavy atom. The van der Waals surface area contributed by atoms with E-state index in [4.69, 9.17) is 11.6 Å². The molecule has 6 heteroatoms. The Balaban J connectivity index is 1.99. The standard InChI is InChI=1S/C15H18ClN3OS/c1-11(21-14-12(16)6-5-9-18-14)13(20)19-15(10-17)7-3-2-4-8-15/h5-6,9,11H,2-4,7-8H2,1H3,(H,19,20). The number of carbonyl (C=O) groups excluding carboxylic acids is 1. The molecular formula is C15H18ClN3OS. The summed E-state index contributed by atoms with van der Waals surface area (Å²) in [5.41, 5.74) is -0.696. The first-order chi connectivity index (χ1) is 10.1. The van der Waals surface area contributed by atoms with E-state index in [1.54, 1.807) is 25.3 Å². The summed E-state index contributed by atoms with van der Waals surface area (Å²) in [7, 11) is 0. The fraction of sp³-hybridized carbons (Fsp3) is 0.533. The molecule has 1 amide bonds. The van der Waals surface area contributed by atoms with Crippen LogP contribution >= 0.6 is 23.4 Å². The van der Waals surface area contributed by atoms with Gasteiger partial charge in [-0.05, 0) is 31.9 Å². The molecule has 0 aliphatic heterocycles. The van der Waals surface area contributed by atoms with Gasteiger partial charge >= 0.3 is 0 Å². The molecule has 1 atom stereocenters. The minimum atomic E-state index is -0.696. The lowest BCUT2D eigenvalue weighted by atomic mass is 9.83. The first-order valence-corrected chi connectivity index (χ1v) is 8.32. The molecule has 0 spiro atoms. The van der Waals surface area contributed by atoms with Crippen molar-refractivity contribution >= 4 is 29.3 Å². The van der Waals surface area contributed by atoms with Gasteiger partial charge < -0.3 is 5.32 Å². The highest BCUT2D eigenvalue weighted by Gasteiger charge is 2.34. The van der Waals surface area contributed by atoms with E-state index >= 15 is 0 Å². The molecule has 1 N–H and O–H groups in total. The average Bonchev–Trinajstić information content (AvgIpc) is 2.50. The Hall–Kier alpha value is -1.25. The molecule has 1 aromatic rings. The maximum Gasteiger partial charge on any atom is 0.234 e. The normalized spacial score (nSPS) is 18.5. The molecule has 0 saturated heterocycles. The van der Waals surface area contributed by atoms with Gasteiger partial charge in [0.05, 0.1) is 16.3 Å². The van der Waals surface area contributed by atoms with Crippen LogP contribution in [-0.2, 0) is 4.79 Å². The predicted molar refractivity (Wildman–Crippen MR) is 84.1 cm³/mol. The van der Waals surface area contributed by atoms with Crippen molar-refractivity contribution in [2.75, 3.05) is 0 Å². The lowest BCUT2D eigenvalue weighted by molar-refractivity contribution is -0.121. The zero-order valence-electron chi connectivity index (χ0n) is 11.9. The van der Waals surface area contributed by atoms with E-state index in [9.17, 15) is 10.1 Å². The maximum atomic E-state index is 12.3. The fourth-order valence-electron chi connectivity index (χ4n) is 2.44. The minimum absolute atomic E-state index is 0.134. The van der Waals surface area contributed by atoms with Gasteiger partial charge in [-0.25, -0.2) is 4.98 Å². The second kappa shape index (κ2) is 7.15. The topological polar surface area (TPSA) is 65.8 Å². The van der Waals surface area contributed by atoms with E-state index in [0.29, 0.717) is 10.0 Å². The van der Waals surface area contributed by atoms with Crippen LogP contribution in [0.15, 0.2) is 23.4 Å². The van der Waals surface area contributed by atoms with Gasteiger partial charge in [-0.2, -0.15) is 5.26 Å². The number of hydrogen-bond donors (Lipinski definition) is 1. The summed E-state index contributed by atoms with van der Waals surface area (Å²) in [6.45, 7) is 1.80. The number of nitrogens with zero attached hydrogens (tertiary/aromatic N) is 2. The van der Waals surface area contributed by atoms with Crippen molar-refractivity contribution in [2.45, 2.75) is 54.8 Å². The number of pyridine rings is 1. The average molecular weight is 324 g/mol. The van der Waals surface area contributed by atoms with Crippen LogP contribution in [0.25, 0.3) is 0 Å². The molecule has 1 unspecified atom stereocenters. The zero-order valence-corrected chi connectivity index (χ0v) is 13.5. The molecule has 2 rings (SSSR count). The Kier molecular flexibility index (Phi) is 5.49. The highest BCUT2D eigenvalue weighted by molar-refractivity contribution is 8.00. The van der Waals surface area contributed by atoms with Crippen LogP contribution in [0.4, 0.5) is 0 Å². The van der Waals surface area contributed by atoms with Crippen molar-refractivity contribution in [3.05, 3.63) is 23.4 Å². The van der Waals surface area contributed by atoms with Crippen LogP contribution in [0.5, 0.6) is 0 Å². The Bertz CT molecular complexity index is 552. The van der Waals surface area contributed by atoms with Gasteiger partial charge in [0.1, 0.15) is 10.6 Å². The maximum absolute atomic E-state index is 12.3. The molecular weight excluding hydrogens is 306 g/mol. The third-order valence-corrected chi connectivity index (χ3v) is 5.20. The number of aromatic nitrogens is 1. The number of nitrogens with one attached hydrogen (secondary N) is 1. The molecule has 1 aliphatic rings. The lowest BCUT2D eigenvalue weighted by Crippen LogP contribution is -2.50. The largest absolute Gasteiger partial charge is 0.337 e. The number of hydrogen-bond acceptors (Lipinski definition) is 4. The third kappa shape index (κ3) is 4.12. The molecule has 1 saturated carbocycles. The highest BCUT2D eigenvalue weighted by atomic mass is 35.5. The van der Waals surface area contributed by atoms with Crippen LogP contribution in [-0.4, -0.2) is 21.7 Å². The molecule has 1 aromatic heterocycles. The van der Waals surface area contributed by atoms with Gasteiger partial charge in [-0.3, -0.25) is 4.79 Å². The molecule has 0 bridgehead atoms. The molecule has 1 heterocycles. The SMILES string of the molecule is CC(Sc1ncccc1Cl)C(=O)NC1(C#N)CCCCC1. The van der Waals surface area contributed by atoms with Crippen LogP contribution in [0, 0.1) is 11.3 Å². The predicted octanol–water partition coefficient (Wildman–Crippen LogP) is 3.56. The summed E-state index contributed by atoms with van der Waals surface area (Å²) in [6.07, 6.45) is 6.22. The lowest BCUT2D eigenvalue weighted by Gasteiger charge is -2.32. The van der Waals surface area contributed by atoms with Gasteiger partial charge in [0.15, 0.2) is 0 Å². The number of amides is 1. The number of nitriles is 1. The number of thioether (sulfide) groups is 1. The Labute approximate surface area is 134 Å². The molecule has 1 fully saturated rings. The summed E-state index contributed by atoms with van der Waals surface area (Å²) in [5, 5.41) is 13.2. The van der Waals surface area contributed by atoms with Crippen LogP contribution in [0.2, 0.25) is 5.02 Å². The summed E-state index contributed by atoms with van der Waals surface area (Å²) in [4.78, 5) is 16.5. The van der Waals surface area contributed by atoms with Crippen molar-refractivity contribution in [3.63, 3.8) is 0 Å². The van der Waals surface area contributed by atoms with Gasteiger partial charge in [0.25, 0.3) is 0 Å². The van der Waals surface area contributed by atoms with Crippen molar-refractivity contribution in [2.24, 2.45) is 0 Å². The van der Waals surface area contributed by atoms with Crippen molar-refractivity contribution in [1.82, 2.24) is 10.3 Å². The molecule has 0 radical (unpaired) electrons. The number of halogens is 1. The monoisotopic (exact) mass is 323 g/mol. The van der Waals surface area contributed by atoms with Crippen molar-refractivity contribution in [3.8, 4) is 6.07 Å². The second-order valence-corrected chi connectivity index (χ2v) is 7.03. The van der Waals surface area contributed by atoms with E-state index < -0.39 is 5.54 Å². The van der Waals surface area contributed by atoms with E-state index in [1.807, 2.05) is 0 Å². The minimum Gasteiger partial charge on any atom is -0.337 e. The van der Waals surface area contributed by atoms with Crippen LogP contribution < -0.4 is 5.32 Å². The van der Waals surface area contributed by atoms with Crippen molar-refractivity contribution < 1.29 is 4.79 Å². The van der Waals surface area contributed by atoms with E-state index in [1.165, 1.54) is 11.8 Å². The fourth-order valence-corrected chi connectivity index (χ4v) is 3.49. The molecule has 0 aromatic carbocycles. The zero-order chi connectivity index (χ0) is 15.3. The van der Waals surface area contributed by atoms with Gasteiger partial charge in [-0.1, -0.05) is 42.6 Å². The number of carbonyl (C=O) groups is 1. The summed E-state index contributed by atoms with van der Waals surface area (Å²) < 4.78 is 0. The van der Waals surface area contributed by atoms with Gasteiger partial charge in [0, 0.05) is 6.20 Å². The molecule has 1 aliphatic carbocycles. The van der Waals surface area contributed by atoms with E-state index in [0.717, 1.165) is 32.1 Å². The first-order valence-electron chi connectivity index (χ1n) is 7.07. The summed E-state index contributed by atoms with van der Waals surface area (Å²) >= 11 is 7.36. The Morgan fingerprint density at radius 2 is 2.24 bits per heavy atom. The third-order valence-electron chi connectivity index (χ3n) is 3.67. The van der Waals surface area contributed by atoms with E-state index in [2.05, 4.69) is 16.4 Å². The molecule has 4 nitrogen and oxygen atoms in total.